The molecule has 7 nitrogen and oxygen atoms in total. The number of nitrogens with zero attached hydrogens (tertiary/aromatic N) is 3. The molecule has 0 spiro atoms. The second-order valence-electron chi connectivity index (χ2n) is 5.80. The van der Waals surface area contributed by atoms with E-state index in [9.17, 15) is 26.4 Å². The van der Waals surface area contributed by atoms with Crippen molar-refractivity contribution in [3.63, 3.8) is 0 Å². The van der Waals surface area contributed by atoms with Crippen molar-refractivity contribution in [1.82, 2.24) is 19.7 Å². The first-order chi connectivity index (χ1) is 14.3. The number of hydrogen-bond donors (Lipinski definition) is 1. The lowest BCUT2D eigenvalue weighted by Crippen LogP contribution is -2.32. The summed E-state index contributed by atoms with van der Waals surface area (Å²) in [7, 11) is -4.53. The third-order valence-electron chi connectivity index (χ3n) is 3.72. The highest BCUT2D eigenvalue weighted by Gasteiger charge is 2.43. The van der Waals surface area contributed by atoms with Crippen molar-refractivity contribution in [1.29, 1.82) is 0 Å². The summed E-state index contributed by atoms with van der Waals surface area (Å²) in [5, 5.41) is 6.28. The van der Waals surface area contributed by atoms with Crippen LogP contribution in [0, 0.1) is 0 Å². The summed E-state index contributed by atoms with van der Waals surface area (Å²) in [6.07, 6.45) is -5.17. The second kappa shape index (κ2) is 8.47. The molecular formula is C16H7Cl4F3N4O3S. The van der Waals surface area contributed by atoms with Gasteiger partial charge in [0, 0.05) is 5.02 Å². The van der Waals surface area contributed by atoms with E-state index in [1.54, 1.807) is 0 Å². The molecule has 0 aliphatic carbocycles. The molecule has 0 atom stereocenters. The van der Waals surface area contributed by atoms with Crippen LogP contribution in [0.5, 0.6) is 0 Å². The van der Waals surface area contributed by atoms with E-state index < -0.39 is 38.4 Å². The van der Waals surface area contributed by atoms with Crippen molar-refractivity contribution in [2.45, 2.75) is 11.1 Å². The van der Waals surface area contributed by atoms with E-state index in [0.717, 1.165) is 24.3 Å². The third-order valence-corrected chi connectivity index (χ3v) is 6.35. The zero-order valence-corrected chi connectivity index (χ0v) is 18.4. The number of benzene rings is 2. The Morgan fingerprint density at radius 3 is 2.13 bits per heavy atom. The van der Waals surface area contributed by atoms with Gasteiger partial charge in [0.25, 0.3) is 15.9 Å². The minimum Gasteiger partial charge on any atom is -0.266 e. The lowest BCUT2D eigenvalue weighted by Gasteiger charge is -2.13. The van der Waals surface area contributed by atoms with Crippen molar-refractivity contribution < 1.29 is 26.4 Å². The maximum Gasteiger partial charge on any atom is 0.435 e. The molecule has 1 aromatic heterocycles. The third kappa shape index (κ3) is 4.90. The zero-order valence-electron chi connectivity index (χ0n) is 14.6. The summed E-state index contributed by atoms with van der Waals surface area (Å²) in [5.74, 6) is -1.66. The zero-order chi connectivity index (χ0) is 23.1. The second-order valence-corrected chi connectivity index (χ2v) is 9.14. The van der Waals surface area contributed by atoms with Gasteiger partial charge in [0.1, 0.15) is 0 Å². The minimum absolute atomic E-state index is 0.0314. The number of amides is 1. The van der Waals surface area contributed by atoms with Gasteiger partial charge < -0.3 is 0 Å². The molecule has 1 heterocycles. The van der Waals surface area contributed by atoms with E-state index in [2.05, 4.69) is 10.3 Å². The van der Waals surface area contributed by atoms with E-state index in [1.807, 2.05) is 0 Å². The fourth-order valence-electron chi connectivity index (χ4n) is 2.38. The highest BCUT2D eigenvalue weighted by molar-refractivity contribution is 7.90. The quantitative estimate of drug-likeness (QED) is 0.475. The topological polar surface area (TPSA) is 93.9 Å². The number of rotatable bonds is 4. The molecule has 0 radical (unpaired) electrons. The smallest absolute Gasteiger partial charge is 0.266 e. The van der Waals surface area contributed by atoms with Crippen LogP contribution in [0.15, 0.2) is 41.3 Å². The molecule has 3 rings (SSSR count). The number of aromatic nitrogens is 3. The summed E-state index contributed by atoms with van der Waals surface area (Å²) in [6, 6.07) is 6.65. The summed E-state index contributed by atoms with van der Waals surface area (Å²) in [4.78, 5) is 12.0. The molecule has 0 saturated carbocycles. The van der Waals surface area contributed by atoms with E-state index in [4.69, 9.17) is 46.4 Å². The Morgan fingerprint density at radius 2 is 1.55 bits per heavy atom. The summed E-state index contributed by atoms with van der Waals surface area (Å²) in [5.41, 5.74) is -3.35. The van der Waals surface area contributed by atoms with E-state index in [0.29, 0.717) is 0 Å². The van der Waals surface area contributed by atoms with Crippen LogP contribution in [0.1, 0.15) is 16.2 Å². The molecule has 15 heteroatoms. The highest BCUT2D eigenvalue weighted by atomic mass is 35.5. The monoisotopic (exact) mass is 532 g/mol. The van der Waals surface area contributed by atoms with Gasteiger partial charge in [0.2, 0.25) is 0 Å². The van der Waals surface area contributed by atoms with Crippen LogP contribution >= 0.6 is 46.4 Å². The normalized spacial score (nSPS) is 12.1. The van der Waals surface area contributed by atoms with E-state index in [-0.39, 0.29) is 30.5 Å². The largest absolute Gasteiger partial charge is 0.435 e. The van der Waals surface area contributed by atoms with Crippen LogP contribution < -0.4 is 4.72 Å². The Bertz CT molecular complexity index is 1280. The van der Waals surface area contributed by atoms with Crippen LogP contribution in [0.3, 0.4) is 0 Å². The van der Waals surface area contributed by atoms with Crippen molar-refractivity contribution in [3.8, 4) is 5.69 Å². The Kier molecular flexibility index (Phi) is 6.45. The number of sulfonamides is 1. The van der Waals surface area contributed by atoms with E-state index in [1.165, 1.54) is 16.9 Å². The van der Waals surface area contributed by atoms with Crippen molar-refractivity contribution in [3.05, 3.63) is 67.9 Å². The predicted molar refractivity (Wildman–Crippen MR) is 107 cm³/mol. The molecular weight excluding hydrogens is 527 g/mol. The highest BCUT2D eigenvalue weighted by Crippen LogP contribution is 2.37. The first kappa shape index (κ1) is 23.6. The van der Waals surface area contributed by atoms with Gasteiger partial charge in [-0.1, -0.05) is 51.6 Å². The number of halogens is 7. The van der Waals surface area contributed by atoms with Crippen molar-refractivity contribution >= 4 is 62.3 Å². The maximum absolute atomic E-state index is 13.8. The van der Waals surface area contributed by atoms with E-state index >= 15 is 0 Å². The molecule has 0 fully saturated rings. The fraction of sp³-hybridized carbons (Fsp3) is 0.0625. The maximum atomic E-state index is 13.8. The molecule has 0 bridgehead atoms. The van der Waals surface area contributed by atoms with Crippen LogP contribution in [0.4, 0.5) is 13.2 Å². The first-order valence-corrected chi connectivity index (χ1v) is 10.8. The number of carbonyl (C=O) groups excluding carboxylic acids is 1. The SMILES string of the molecule is O=C(NS(=O)(=O)c1ccc(Cl)cc1)c1nnn(-c2cc(Cl)c(Cl)cc2Cl)c1C(F)(F)F. The lowest BCUT2D eigenvalue weighted by molar-refractivity contribution is -0.143. The van der Waals surface area contributed by atoms with Gasteiger partial charge in [-0.05, 0) is 36.4 Å². The van der Waals surface area contributed by atoms with Crippen molar-refractivity contribution in [2.24, 2.45) is 0 Å². The number of nitrogens with one attached hydrogen (secondary N) is 1. The molecule has 3 aromatic rings. The molecule has 2 aromatic carbocycles. The Morgan fingerprint density at radius 1 is 0.968 bits per heavy atom. The van der Waals surface area contributed by atoms with Crippen LogP contribution in [-0.4, -0.2) is 29.3 Å². The van der Waals surface area contributed by atoms with Gasteiger partial charge in [-0.3, -0.25) is 4.79 Å². The van der Waals surface area contributed by atoms with Gasteiger partial charge in [-0.25, -0.2) is 17.8 Å². The lowest BCUT2D eigenvalue weighted by atomic mass is 10.2. The summed E-state index contributed by atoms with van der Waals surface area (Å²) >= 11 is 23.2. The average molecular weight is 534 g/mol. The van der Waals surface area contributed by atoms with Gasteiger partial charge in [0.05, 0.1) is 25.7 Å². The molecule has 164 valence electrons. The summed E-state index contributed by atoms with van der Waals surface area (Å²) < 4.78 is 67.7. The first-order valence-electron chi connectivity index (χ1n) is 7.82. The number of carbonyl (C=O) groups is 1. The van der Waals surface area contributed by atoms with Gasteiger partial charge in [-0.15, -0.1) is 5.10 Å². The van der Waals surface area contributed by atoms with Gasteiger partial charge in [0.15, 0.2) is 11.4 Å². The Balaban J connectivity index is 2.07. The molecule has 0 aliphatic rings. The molecule has 0 aliphatic heterocycles. The molecule has 1 N–H and O–H groups in total. The fourth-order valence-corrected chi connectivity index (χ4v) is 4.08. The molecule has 31 heavy (non-hydrogen) atoms. The standard InChI is InChI=1S/C16H7Cl4F3N4O3S/c17-7-1-3-8(4-2-7)31(29,30)25-15(28)13-14(16(21,22)23)27(26-24-13)12-6-10(19)9(18)5-11(12)20/h1-6H,(H,25,28). The van der Waals surface area contributed by atoms with Crippen molar-refractivity contribution in [2.75, 3.05) is 0 Å². The van der Waals surface area contributed by atoms with Crippen LogP contribution in [0.2, 0.25) is 20.1 Å². The number of alkyl halides is 3. The molecule has 1 amide bonds. The van der Waals surface area contributed by atoms with Gasteiger partial charge >= 0.3 is 6.18 Å². The van der Waals surface area contributed by atoms with Gasteiger partial charge in [-0.2, -0.15) is 13.2 Å². The molecule has 0 unspecified atom stereocenters. The van der Waals surface area contributed by atoms with Crippen LogP contribution in [0.25, 0.3) is 5.69 Å². The average Bonchev–Trinajstić information content (AvgIpc) is 3.10. The molecule has 0 saturated heterocycles. The summed E-state index contributed by atoms with van der Waals surface area (Å²) in [6.45, 7) is 0. The predicted octanol–water partition coefficient (Wildman–Crippen LogP) is 5.02. The number of hydrogen-bond acceptors (Lipinski definition) is 5. The van der Waals surface area contributed by atoms with Crippen LogP contribution in [-0.2, 0) is 16.2 Å². The Hall–Kier alpha value is -2.05. The Labute approximate surface area is 192 Å². The minimum atomic E-state index is -5.17.